The molecule has 0 aliphatic carbocycles. The van der Waals surface area contributed by atoms with Gasteiger partial charge in [0.25, 0.3) is 0 Å². The molecule has 3 amide bonds. The number of nitrogen functional groups attached to an aromatic ring is 1. The molecular formula is C70H117BrN13O8Pd-. The van der Waals surface area contributed by atoms with Crippen molar-refractivity contribution in [2.75, 3.05) is 101 Å². The number of benzene rings is 2. The molecule has 4 fully saturated rings. The van der Waals surface area contributed by atoms with Gasteiger partial charge in [-0.1, -0.05) is 97.4 Å². The molecule has 3 aromatic heterocycles. The molecule has 0 bridgehead atoms. The average Bonchev–Trinajstić information content (AvgIpc) is 1.61. The molecule has 9 rings (SSSR count). The number of aromatic nitrogens is 4. The summed E-state index contributed by atoms with van der Waals surface area (Å²) in [6.07, 6.45) is 12.0. The number of nitrogens with one attached hydrogen (secondary N) is 4. The average molecular weight is 1460 g/mol. The number of aliphatic hydroxyl groups is 2. The Kier molecular flexibility index (Phi) is 39.2. The van der Waals surface area contributed by atoms with Crippen molar-refractivity contribution < 1.29 is 60.7 Å². The first-order chi connectivity index (χ1) is 43.3. The van der Waals surface area contributed by atoms with E-state index < -0.39 is 16.8 Å². The first-order valence-electron chi connectivity index (χ1n) is 32.9. The number of nitrogens with two attached hydrogens (primary N) is 1. The van der Waals surface area contributed by atoms with Crippen LogP contribution in [0.4, 0.5) is 26.0 Å². The number of alkyl carbamates (subject to hydrolysis) is 1. The van der Waals surface area contributed by atoms with E-state index in [1.165, 1.54) is 17.5 Å². The topological polar surface area (TPSA) is 252 Å². The molecule has 0 spiro atoms. The number of hydrogen-bond donors (Lipinski definition) is 7. The first-order valence-corrected chi connectivity index (χ1v) is 34.0. The fourth-order valence-electron chi connectivity index (χ4n) is 10.8. The molecular weight excluding hydrogens is 1340 g/mol. The fourth-order valence-corrected chi connectivity index (χ4v) is 10.8. The molecule has 7 heterocycles. The second-order valence-corrected chi connectivity index (χ2v) is 27.0. The normalized spacial score (nSPS) is 17.7. The first kappa shape index (κ1) is 83.6. The smallest absolute Gasteiger partial charge is 0.410 e. The predicted octanol–water partition coefficient (Wildman–Crippen LogP) is 11.9. The Morgan fingerprint density at radius 3 is 1.73 bits per heavy atom. The van der Waals surface area contributed by atoms with Crippen LogP contribution in [0.5, 0.6) is 0 Å². The molecule has 4 saturated heterocycles. The number of halogens is 1. The Bertz CT molecular complexity index is 2840. The summed E-state index contributed by atoms with van der Waals surface area (Å²) in [6.45, 7) is 37.2. The number of hydrogen-bond acceptors (Lipinski definition) is 17. The van der Waals surface area contributed by atoms with Gasteiger partial charge in [-0.3, -0.25) is 9.80 Å². The van der Waals surface area contributed by atoms with Gasteiger partial charge in [-0.05, 0) is 144 Å². The van der Waals surface area contributed by atoms with Crippen molar-refractivity contribution >= 4 is 56.9 Å². The van der Waals surface area contributed by atoms with Gasteiger partial charge in [-0.25, -0.2) is 29.3 Å². The van der Waals surface area contributed by atoms with Crippen molar-refractivity contribution in [2.45, 2.75) is 189 Å². The van der Waals surface area contributed by atoms with Gasteiger partial charge in [0.05, 0.1) is 23.4 Å². The number of H-pyrrole nitrogens is 1. The molecule has 0 radical (unpaired) electrons. The molecule has 93 heavy (non-hydrogen) atoms. The van der Waals surface area contributed by atoms with Gasteiger partial charge in [0.2, 0.25) is 5.95 Å². The van der Waals surface area contributed by atoms with Gasteiger partial charge in [-0.2, -0.15) is 0 Å². The van der Waals surface area contributed by atoms with Crippen LogP contribution < -0.4 is 26.6 Å². The van der Waals surface area contributed by atoms with E-state index in [-0.39, 0.29) is 78.8 Å². The number of anilines is 2. The van der Waals surface area contributed by atoms with E-state index in [4.69, 9.17) is 30.2 Å². The molecule has 0 saturated carbocycles. The minimum absolute atomic E-state index is 0. The summed E-state index contributed by atoms with van der Waals surface area (Å²) in [7, 11) is 0. The van der Waals surface area contributed by atoms with Crippen molar-refractivity contribution in [2.24, 2.45) is 0 Å². The summed E-state index contributed by atoms with van der Waals surface area (Å²) in [5, 5.41) is 28.3. The Hall–Kier alpha value is -5.48. The number of fused-ring (bicyclic) bond motifs is 1. The number of likely N-dealkylation sites (tertiary alicyclic amines) is 2. The molecule has 4 aliphatic heterocycles. The van der Waals surface area contributed by atoms with Gasteiger partial charge < -0.3 is 73.2 Å². The number of ether oxygens (including phenoxy) is 3. The number of nitrogens with zero attached hydrogens (tertiary/aromatic N) is 8. The van der Waals surface area contributed by atoms with Crippen LogP contribution in [0.2, 0.25) is 0 Å². The Morgan fingerprint density at radius 2 is 1.23 bits per heavy atom. The van der Waals surface area contributed by atoms with Crippen molar-refractivity contribution in [1.29, 1.82) is 0 Å². The zero-order valence-corrected chi connectivity index (χ0v) is 61.6. The number of rotatable bonds is 17. The maximum atomic E-state index is 12.5. The number of pyridine rings is 1. The third-order valence-corrected chi connectivity index (χ3v) is 15.4. The number of aromatic amines is 1. The van der Waals surface area contributed by atoms with Crippen LogP contribution in [0.3, 0.4) is 0 Å². The van der Waals surface area contributed by atoms with Crippen LogP contribution in [0.15, 0.2) is 91.4 Å². The van der Waals surface area contributed by atoms with E-state index >= 15 is 0 Å². The SMILES string of the molecule is CC(C)(C)OC(=O)N[C@H]1CCN(Cc2ccccc2)C1.CCCBr.CCCN(C(=O)OC(C)(C)C)[C@H]1CCN(Cc2ccccc2)C1.CCCN(C(=O)OC(C)(C)C)[C@H]1CCNC1.CCO.Nc1nccc(-c2c[nH]c3nccc(N4CC[C@H](NCCO)C4)c23)n1.[CH3-].[HH].[Pd]. The third-order valence-electron chi connectivity index (χ3n) is 14.6. The molecule has 8 N–H and O–H groups in total. The maximum absolute atomic E-state index is 12.5. The van der Waals surface area contributed by atoms with Crippen LogP contribution in [0.1, 0.15) is 148 Å². The second kappa shape index (κ2) is 43.6. The van der Waals surface area contributed by atoms with Crippen LogP contribution in [-0.2, 0) is 47.7 Å². The van der Waals surface area contributed by atoms with Gasteiger partial charge in [0.15, 0.2) is 0 Å². The number of alkyl halides is 1. The van der Waals surface area contributed by atoms with Crippen LogP contribution in [-0.4, -0.2) is 200 Å². The van der Waals surface area contributed by atoms with Gasteiger partial charge in [-0.15, -0.1) is 0 Å². The van der Waals surface area contributed by atoms with E-state index in [0.717, 1.165) is 150 Å². The maximum Gasteiger partial charge on any atom is 0.410 e. The minimum Gasteiger partial charge on any atom is -0.444 e. The monoisotopic (exact) mass is 1450 g/mol. The Balaban J connectivity index is 0.000000605. The summed E-state index contributed by atoms with van der Waals surface area (Å²) >= 11 is 3.25. The summed E-state index contributed by atoms with van der Waals surface area (Å²) in [6, 6.07) is 25.9. The van der Waals surface area contributed by atoms with E-state index in [9.17, 15) is 14.4 Å². The molecule has 21 nitrogen and oxygen atoms in total. The van der Waals surface area contributed by atoms with Gasteiger partial charge in [0.1, 0.15) is 22.5 Å². The molecule has 0 unspecified atom stereocenters. The summed E-state index contributed by atoms with van der Waals surface area (Å²) in [4.78, 5) is 63.1. The molecule has 528 valence electrons. The van der Waals surface area contributed by atoms with E-state index in [0.29, 0.717) is 18.6 Å². The quantitative estimate of drug-likeness (QED) is 0.0198. The summed E-state index contributed by atoms with van der Waals surface area (Å²) < 4.78 is 16.3. The second-order valence-electron chi connectivity index (χ2n) is 26.2. The molecule has 4 atom stereocenters. The van der Waals surface area contributed by atoms with Crippen molar-refractivity contribution in [3.63, 3.8) is 0 Å². The Morgan fingerprint density at radius 1 is 0.699 bits per heavy atom. The number of carbonyl (C=O) groups excluding carboxylic acids is 3. The third kappa shape index (κ3) is 31.8. The number of amides is 3. The standard InChI is InChI=1S/C19H30N2O2.C17H21N7O.C16H24N2O2.C12H24N2O2.C3H7Br.C2H6O.CH3.Pd.H2/c1-5-12-21(18(22)23-19(2,3)4)17-11-13-20(15-17)14-16-9-7-6-8-10-16;18-17-21-4-1-13(23-17)12-9-22-16-15(12)14(2-5-20-16)24-7-3-11(10-24)19-6-8-25;1-16(2,3)20-15(19)17-14-9-10-18(12-14)11-13-7-5-4-6-8-13;1-5-8-14(10-6-7-13-9-10)11(15)16-12(2,3)4;1-2-3-4;1-2-3;;;/h6-10,17H,5,11-15H2,1-4H3;1-2,4-5,9,11,19,25H,3,6-8,10H2,(H,20,22)(H2,18,21,23);4-8,14H,9-12H2,1-3H3,(H,17,19);10,13H,5-9H2,1-4H3;2-3H2,1H3;3H,2H2,1H3;1H3;;1H/q;;;;;;-1;;/t17-;11-;14-;10-;;;;;/m0000...../s1. The summed E-state index contributed by atoms with van der Waals surface area (Å²) in [5.41, 5.74) is 10.8. The zero-order valence-electron chi connectivity index (χ0n) is 58.4. The minimum atomic E-state index is -0.439. The van der Waals surface area contributed by atoms with Crippen LogP contribution >= 0.6 is 15.9 Å². The predicted molar refractivity (Wildman–Crippen MR) is 380 cm³/mol. The van der Waals surface area contributed by atoms with Gasteiger partial charge >= 0.3 is 18.3 Å². The molecule has 23 heteroatoms. The molecule has 4 aliphatic rings. The van der Waals surface area contributed by atoms with Crippen LogP contribution in [0, 0.1) is 7.43 Å². The zero-order chi connectivity index (χ0) is 67.0. The number of carbonyl (C=O) groups is 3. The van der Waals surface area contributed by atoms with E-state index in [1.54, 1.807) is 13.1 Å². The molecule has 2 aromatic carbocycles. The van der Waals surface area contributed by atoms with Crippen molar-refractivity contribution in [3.05, 3.63) is 110 Å². The number of aliphatic hydroxyl groups excluding tert-OH is 2. The molecule has 5 aromatic rings. The largest absolute Gasteiger partial charge is 0.444 e. The summed E-state index contributed by atoms with van der Waals surface area (Å²) in [5.74, 6) is 0.256. The Labute approximate surface area is 581 Å². The van der Waals surface area contributed by atoms with Gasteiger partial charge in [0, 0.05) is 161 Å². The van der Waals surface area contributed by atoms with Crippen molar-refractivity contribution in [1.82, 2.24) is 55.5 Å². The van der Waals surface area contributed by atoms with E-state index in [1.807, 2.05) is 109 Å². The fraction of sp³-hybridized carbons (Fsp3) is 0.614. The van der Waals surface area contributed by atoms with Crippen molar-refractivity contribution in [3.8, 4) is 11.3 Å². The van der Waals surface area contributed by atoms with Crippen LogP contribution in [0.25, 0.3) is 22.3 Å². The van der Waals surface area contributed by atoms with E-state index in [2.05, 4.69) is 136 Å².